The summed E-state index contributed by atoms with van der Waals surface area (Å²) in [6.07, 6.45) is 1.51. The number of rotatable bonds is 8. The number of aliphatic carboxylic acids is 1. The van der Waals surface area contributed by atoms with Crippen LogP contribution in [0.2, 0.25) is 5.02 Å². The lowest BCUT2D eigenvalue weighted by atomic mass is 9.92. The normalized spacial score (nSPS) is 23.2. The first-order chi connectivity index (χ1) is 16.8. The third-order valence-electron chi connectivity index (χ3n) is 6.28. The highest BCUT2D eigenvalue weighted by Gasteiger charge is 2.51. The summed E-state index contributed by atoms with van der Waals surface area (Å²) in [7, 11) is 0. The number of hydrogen-bond acceptors (Lipinski definition) is 9. The van der Waals surface area contributed by atoms with Gasteiger partial charge < -0.3 is 29.7 Å². The van der Waals surface area contributed by atoms with E-state index in [1.807, 2.05) is 0 Å². The second-order valence-corrected chi connectivity index (χ2v) is 10.4. The van der Waals surface area contributed by atoms with Gasteiger partial charge in [0.15, 0.2) is 17.5 Å². The number of nitrogens with zero attached hydrogens (tertiary/aromatic N) is 3. The van der Waals surface area contributed by atoms with Gasteiger partial charge >= 0.3 is 5.97 Å². The van der Waals surface area contributed by atoms with Crippen molar-refractivity contribution in [2.45, 2.75) is 56.0 Å². The summed E-state index contributed by atoms with van der Waals surface area (Å²) >= 11 is 2.92. The van der Waals surface area contributed by atoms with Crippen LogP contribution in [0.5, 0.6) is 11.5 Å². The molecule has 4 N–H and O–H groups in total. The van der Waals surface area contributed by atoms with Gasteiger partial charge in [-0.2, -0.15) is 5.10 Å². The zero-order valence-electron chi connectivity index (χ0n) is 19.2. The number of likely N-dealkylation sites (tertiary alicyclic amines) is 2. The number of carboxylic acids is 1. The molecule has 0 radical (unpaired) electrons. The molecule has 0 aliphatic carbocycles. The summed E-state index contributed by atoms with van der Waals surface area (Å²) in [5.74, 6) is -4.73. The number of β-lactam (4-membered cyclic amide) rings is 1. The number of benzene rings is 1. The molecule has 196 valence electrons. The first-order valence-corrected chi connectivity index (χ1v) is 12.2. The highest BCUT2D eigenvalue weighted by atomic mass is 35.5. The Kier molecular flexibility index (Phi) is 7.91. The Morgan fingerprint density at radius 1 is 1.36 bits per heavy atom. The van der Waals surface area contributed by atoms with Gasteiger partial charge in [0.2, 0.25) is 5.91 Å². The molecule has 2 aliphatic heterocycles. The lowest BCUT2D eigenvalue weighted by molar-refractivity contribution is -0.161. The van der Waals surface area contributed by atoms with E-state index >= 15 is 0 Å². The summed E-state index contributed by atoms with van der Waals surface area (Å²) in [5.41, 5.74) is 2.01. The van der Waals surface area contributed by atoms with Crippen LogP contribution in [0.4, 0.5) is 0 Å². The topological polar surface area (TPSA) is 200 Å². The molecule has 0 bridgehead atoms. The summed E-state index contributed by atoms with van der Waals surface area (Å²) < 4.78 is 21.9. The smallest absolute Gasteiger partial charge is 0.328 e. The highest BCUT2D eigenvalue weighted by Crippen LogP contribution is 2.37. The van der Waals surface area contributed by atoms with E-state index in [0.29, 0.717) is 6.42 Å². The van der Waals surface area contributed by atoms with Gasteiger partial charge in [-0.1, -0.05) is 11.6 Å². The van der Waals surface area contributed by atoms with Crippen LogP contribution in [0.15, 0.2) is 17.2 Å². The van der Waals surface area contributed by atoms with Crippen LogP contribution in [0.1, 0.15) is 43.5 Å². The van der Waals surface area contributed by atoms with Gasteiger partial charge in [-0.25, -0.2) is 10.2 Å². The first-order valence-electron chi connectivity index (χ1n) is 10.8. The molecule has 15 heteroatoms. The van der Waals surface area contributed by atoms with Gasteiger partial charge in [-0.3, -0.25) is 18.6 Å². The number of phenols is 2. The van der Waals surface area contributed by atoms with Gasteiger partial charge in [0.1, 0.15) is 6.04 Å². The van der Waals surface area contributed by atoms with Gasteiger partial charge in [-0.15, -0.1) is 0 Å². The quantitative estimate of drug-likeness (QED) is 0.116. The largest absolute Gasteiger partial charge is 0.772 e. The fourth-order valence-corrected chi connectivity index (χ4v) is 5.06. The highest BCUT2D eigenvalue weighted by molar-refractivity contribution is 7.81. The number of hydrogen-bond donors (Lipinski definition) is 4. The molecule has 2 saturated heterocycles. The number of phenolic OH excluding ortho intramolecular Hbond substituents is 2. The van der Waals surface area contributed by atoms with Crippen LogP contribution in [-0.2, 0) is 25.5 Å². The average molecular weight is 544 g/mol. The molecule has 1 aromatic carbocycles. The Morgan fingerprint density at radius 3 is 2.58 bits per heavy atom. The molecule has 0 saturated carbocycles. The van der Waals surface area contributed by atoms with Crippen molar-refractivity contribution in [1.29, 1.82) is 0 Å². The number of carboxylic acid groups (broad SMARTS) is 1. The number of hydrazone groups is 1. The number of carbonyl (C=O) groups is 4. The summed E-state index contributed by atoms with van der Waals surface area (Å²) in [4.78, 5) is 51.7. The average Bonchev–Trinajstić information content (AvgIpc) is 3.30. The van der Waals surface area contributed by atoms with E-state index < -0.39 is 69.1 Å². The standard InChI is InChI=1S/C21H25ClN4O9S/c1-10-8-14(28)26(10)17(20(32)33)21(2,36(34)35)9-23-24-18(30)12-4-3-7-25(12)19(31)11-5-6-13(27)16(29)15(11)22/h5-6,9-10,12,17,27,29H,3-4,7-8H2,1-2H3,(H,24,30)(H,32,33)(H,34,35)/p-1/b23-9+/t10-,12?,17+,21+/m1/s1. The zero-order chi connectivity index (χ0) is 26.9. The Bertz CT molecular complexity index is 1160. The van der Waals surface area contributed by atoms with Crippen molar-refractivity contribution in [3.8, 4) is 11.5 Å². The van der Waals surface area contributed by atoms with Crippen LogP contribution < -0.4 is 5.43 Å². The van der Waals surface area contributed by atoms with Crippen molar-refractivity contribution in [3.05, 3.63) is 22.7 Å². The van der Waals surface area contributed by atoms with Crippen LogP contribution in [-0.4, -0.2) is 93.2 Å². The van der Waals surface area contributed by atoms with E-state index in [-0.39, 0.29) is 30.0 Å². The predicted octanol–water partition coefficient (Wildman–Crippen LogP) is 0.170. The molecule has 1 aromatic rings. The minimum absolute atomic E-state index is 0.0770. The van der Waals surface area contributed by atoms with Crippen molar-refractivity contribution >= 4 is 52.6 Å². The minimum atomic E-state index is -3.05. The number of amides is 3. The van der Waals surface area contributed by atoms with Gasteiger partial charge in [0.05, 0.1) is 15.3 Å². The van der Waals surface area contributed by atoms with Crippen LogP contribution in [0, 0.1) is 0 Å². The monoisotopic (exact) mass is 543 g/mol. The fraction of sp³-hybridized carbons (Fsp3) is 0.476. The fourth-order valence-electron chi connectivity index (χ4n) is 4.29. The van der Waals surface area contributed by atoms with E-state index in [9.17, 15) is 43.3 Å². The van der Waals surface area contributed by atoms with E-state index in [4.69, 9.17) is 11.6 Å². The second kappa shape index (κ2) is 10.4. The van der Waals surface area contributed by atoms with Crippen LogP contribution >= 0.6 is 11.6 Å². The van der Waals surface area contributed by atoms with E-state index in [1.165, 1.54) is 11.0 Å². The zero-order valence-corrected chi connectivity index (χ0v) is 20.8. The molecule has 36 heavy (non-hydrogen) atoms. The molecule has 2 unspecified atom stereocenters. The Morgan fingerprint density at radius 2 is 2.03 bits per heavy atom. The maximum Gasteiger partial charge on any atom is 0.328 e. The number of halogens is 1. The summed E-state index contributed by atoms with van der Waals surface area (Å²) in [6.45, 7) is 2.82. The number of aromatic hydroxyl groups is 2. The molecule has 3 rings (SSSR count). The SMILES string of the molecule is C[C@@H]1CC(=O)N1[C@@H](C(=O)O)[C@](C)(/C=N/NC(=O)C1CCCN1C(=O)c1ccc(O)c(O)c1Cl)S(=O)[O-]. The predicted molar refractivity (Wildman–Crippen MR) is 125 cm³/mol. The summed E-state index contributed by atoms with van der Waals surface area (Å²) in [5, 5.41) is 32.3. The van der Waals surface area contributed by atoms with Gasteiger partial charge in [0, 0.05) is 25.2 Å². The number of carbonyl (C=O) groups excluding carboxylic acids is 3. The van der Waals surface area contributed by atoms with Gasteiger partial charge in [0.25, 0.3) is 11.8 Å². The van der Waals surface area contributed by atoms with Crippen molar-refractivity contribution in [1.82, 2.24) is 15.2 Å². The molecule has 13 nitrogen and oxygen atoms in total. The van der Waals surface area contributed by atoms with Crippen molar-refractivity contribution < 1.29 is 43.3 Å². The molecule has 0 spiro atoms. The second-order valence-electron chi connectivity index (χ2n) is 8.70. The Labute approximate surface area is 213 Å². The van der Waals surface area contributed by atoms with E-state index in [1.54, 1.807) is 6.92 Å². The van der Waals surface area contributed by atoms with Crippen molar-refractivity contribution in [2.75, 3.05) is 6.54 Å². The van der Waals surface area contributed by atoms with E-state index in [2.05, 4.69) is 10.5 Å². The molecule has 5 atom stereocenters. The van der Waals surface area contributed by atoms with Gasteiger partial charge in [-0.05, 0) is 49.9 Å². The lowest BCUT2D eigenvalue weighted by Crippen LogP contribution is -2.67. The molecular weight excluding hydrogens is 520 g/mol. The maximum absolute atomic E-state index is 13.0. The number of nitrogens with one attached hydrogen (secondary N) is 1. The third-order valence-corrected chi connectivity index (χ3v) is 7.71. The van der Waals surface area contributed by atoms with E-state index in [0.717, 1.165) is 24.1 Å². The Balaban J connectivity index is 1.78. The first kappa shape index (κ1) is 27.4. The molecule has 2 fully saturated rings. The Hall–Kier alpha value is -3.23. The lowest BCUT2D eigenvalue weighted by Gasteiger charge is -2.48. The molecule has 3 amide bonds. The molecule has 2 heterocycles. The molecule has 0 aromatic heterocycles. The molecular formula is C21H24ClN4O9S-. The summed E-state index contributed by atoms with van der Waals surface area (Å²) in [6, 6.07) is -1.01. The minimum Gasteiger partial charge on any atom is -0.772 e. The van der Waals surface area contributed by atoms with Crippen molar-refractivity contribution in [3.63, 3.8) is 0 Å². The van der Waals surface area contributed by atoms with Crippen LogP contribution in [0.3, 0.4) is 0 Å². The maximum atomic E-state index is 13.0. The van der Waals surface area contributed by atoms with Crippen LogP contribution in [0.25, 0.3) is 0 Å². The third kappa shape index (κ3) is 4.88. The van der Waals surface area contributed by atoms with Crippen molar-refractivity contribution in [2.24, 2.45) is 5.10 Å². The molecule has 2 aliphatic rings.